The summed E-state index contributed by atoms with van der Waals surface area (Å²) in [6.07, 6.45) is 7.53. The number of nitriles is 1. The van der Waals surface area contributed by atoms with E-state index >= 15 is 0 Å². The van der Waals surface area contributed by atoms with Gasteiger partial charge in [0, 0.05) is 31.4 Å². The van der Waals surface area contributed by atoms with E-state index in [-0.39, 0.29) is 11.9 Å². The number of hydrogen-bond donors (Lipinski definition) is 3. The number of carbonyl (C=O) groups is 1. The van der Waals surface area contributed by atoms with Crippen LogP contribution in [0.2, 0.25) is 0 Å². The monoisotopic (exact) mass is 432 g/mol. The molecule has 6 heteroatoms. The second-order valence-corrected chi connectivity index (χ2v) is 9.63. The molecule has 1 aromatic heterocycles. The van der Waals surface area contributed by atoms with Gasteiger partial charge in [-0.2, -0.15) is 5.26 Å². The van der Waals surface area contributed by atoms with Crippen LogP contribution < -0.4 is 10.6 Å². The number of aliphatic hydroxyl groups is 1. The van der Waals surface area contributed by atoms with Crippen LogP contribution >= 0.6 is 0 Å². The Bertz CT molecular complexity index is 1020. The molecular weight excluding hydrogens is 400 g/mol. The number of rotatable bonds is 7. The maximum Gasteiger partial charge on any atom is 0.217 e. The number of carbonyl (C=O) groups excluding carboxylic acids is 1. The number of nitrogens with zero attached hydrogens (tertiary/aromatic N) is 2. The van der Waals surface area contributed by atoms with Crippen molar-refractivity contribution >= 4 is 5.91 Å². The highest BCUT2D eigenvalue weighted by Crippen LogP contribution is 2.52. The molecule has 0 saturated heterocycles. The molecule has 2 aliphatic carbocycles. The van der Waals surface area contributed by atoms with E-state index in [1.165, 1.54) is 37.4 Å². The number of aromatic nitrogens is 1. The molecule has 1 spiro atoms. The lowest BCUT2D eigenvalue weighted by Gasteiger charge is -2.48. The van der Waals surface area contributed by atoms with Crippen molar-refractivity contribution in [2.45, 2.75) is 70.6 Å². The maximum absolute atomic E-state index is 11.8. The minimum absolute atomic E-state index is 0.154. The average molecular weight is 433 g/mol. The Balaban J connectivity index is 1.47. The van der Waals surface area contributed by atoms with Gasteiger partial charge in [-0.15, -0.1) is 0 Å². The largest absolute Gasteiger partial charge is 0.390 e. The maximum atomic E-state index is 11.8. The molecule has 0 bridgehead atoms. The van der Waals surface area contributed by atoms with Gasteiger partial charge < -0.3 is 15.7 Å². The molecule has 0 unspecified atom stereocenters. The van der Waals surface area contributed by atoms with Crippen LogP contribution in [-0.4, -0.2) is 34.7 Å². The summed E-state index contributed by atoms with van der Waals surface area (Å²) in [5, 5.41) is 26.7. The zero-order valence-electron chi connectivity index (χ0n) is 18.9. The Kier molecular flexibility index (Phi) is 6.59. The molecule has 1 fully saturated rings. The van der Waals surface area contributed by atoms with Crippen LogP contribution in [0.5, 0.6) is 0 Å². The molecule has 2 aromatic rings. The van der Waals surface area contributed by atoms with E-state index < -0.39 is 12.1 Å². The first kappa shape index (κ1) is 22.4. The predicted molar refractivity (Wildman–Crippen MR) is 123 cm³/mol. The molecule has 1 saturated carbocycles. The van der Waals surface area contributed by atoms with Crippen molar-refractivity contribution in [1.29, 1.82) is 5.26 Å². The second kappa shape index (κ2) is 9.40. The van der Waals surface area contributed by atoms with Gasteiger partial charge in [-0.1, -0.05) is 24.6 Å². The zero-order chi connectivity index (χ0) is 22.7. The van der Waals surface area contributed by atoms with Crippen LogP contribution in [0.4, 0.5) is 0 Å². The second-order valence-electron chi connectivity index (χ2n) is 9.63. The lowest BCUT2D eigenvalue weighted by molar-refractivity contribution is -0.120. The van der Waals surface area contributed by atoms with Crippen molar-refractivity contribution in [2.75, 3.05) is 6.54 Å². The van der Waals surface area contributed by atoms with Gasteiger partial charge in [0.2, 0.25) is 5.91 Å². The summed E-state index contributed by atoms with van der Waals surface area (Å²) in [6, 6.07) is 11.4. The Hall–Kier alpha value is -2.75. The molecular formula is C26H32N4O2. The van der Waals surface area contributed by atoms with Crippen LogP contribution in [0.1, 0.15) is 66.6 Å². The van der Waals surface area contributed by atoms with Crippen LogP contribution in [0.25, 0.3) is 0 Å². The van der Waals surface area contributed by atoms with Crippen molar-refractivity contribution in [3.63, 3.8) is 0 Å². The molecule has 0 radical (unpaired) electrons. The molecule has 1 heterocycles. The lowest BCUT2D eigenvalue weighted by atomic mass is 9.59. The number of amides is 1. The third kappa shape index (κ3) is 5.01. The summed E-state index contributed by atoms with van der Waals surface area (Å²) >= 11 is 0. The summed E-state index contributed by atoms with van der Waals surface area (Å²) in [4.78, 5) is 16.5. The zero-order valence-corrected chi connectivity index (χ0v) is 18.9. The molecule has 168 valence electrons. The van der Waals surface area contributed by atoms with Crippen molar-refractivity contribution in [1.82, 2.24) is 15.6 Å². The van der Waals surface area contributed by atoms with Crippen molar-refractivity contribution in [3.05, 3.63) is 64.5 Å². The van der Waals surface area contributed by atoms with E-state index in [0.29, 0.717) is 23.9 Å². The highest BCUT2D eigenvalue weighted by atomic mass is 16.3. The van der Waals surface area contributed by atoms with Crippen molar-refractivity contribution in [3.8, 4) is 6.07 Å². The first-order valence-electron chi connectivity index (χ1n) is 11.5. The fourth-order valence-electron chi connectivity index (χ4n) is 5.25. The van der Waals surface area contributed by atoms with Crippen LogP contribution in [0.15, 0.2) is 36.5 Å². The Labute approximate surface area is 190 Å². The summed E-state index contributed by atoms with van der Waals surface area (Å²) in [5.41, 5.74) is 5.40. The number of pyridine rings is 1. The molecule has 32 heavy (non-hydrogen) atoms. The topological polar surface area (TPSA) is 98.0 Å². The minimum Gasteiger partial charge on any atom is -0.390 e. The molecule has 4 rings (SSSR count). The Morgan fingerprint density at radius 3 is 2.88 bits per heavy atom. The number of benzene rings is 1. The Morgan fingerprint density at radius 1 is 1.38 bits per heavy atom. The first-order chi connectivity index (χ1) is 15.4. The fraction of sp³-hybridized carbons (Fsp3) is 0.500. The summed E-state index contributed by atoms with van der Waals surface area (Å²) in [6.45, 7) is 3.90. The van der Waals surface area contributed by atoms with E-state index in [1.54, 1.807) is 12.1 Å². The van der Waals surface area contributed by atoms with E-state index in [0.717, 1.165) is 24.0 Å². The quantitative estimate of drug-likeness (QED) is 0.624. The smallest absolute Gasteiger partial charge is 0.217 e. The molecule has 1 amide bonds. The number of aliphatic hydroxyl groups excluding tert-OH is 1. The van der Waals surface area contributed by atoms with E-state index in [4.69, 9.17) is 10.2 Å². The van der Waals surface area contributed by atoms with Gasteiger partial charge >= 0.3 is 0 Å². The van der Waals surface area contributed by atoms with Gasteiger partial charge in [0.25, 0.3) is 0 Å². The van der Waals surface area contributed by atoms with Gasteiger partial charge in [-0.3, -0.25) is 9.78 Å². The molecule has 1 aromatic carbocycles. The van der Waals surface area contributed by atoms with Gasteiger partial charge in [-0.25, -0.2) is 0 Å². The normalized spacial score (nSPS) is 20.5. The van der Waals surface area contributed by atoms with Gasteiger partial charge in [0.1, 0.15) is 0 Å². The highest BCUT2D eigenvalue weighted by molar-refractivity contribution is 5.73. The van der Waals surface area contributed by atoms with Crippen molar-refractivity contribution in [2.24, 2.45) is 5.41 Å². The minimum atomic E-state index is -0.759. The van der Waals surface area contributed by atoms with Gasteiger partial charge in [0.05, 0.1) is 23.8 Å². The van der Waals surface area contributed by atoms with Crippen molar-refractivity contribution < 1.29 is 9.90 Å². The number of hydrogen-bond acceptors (Lipinski definition) is 5. The average Bonchev–Trinajstić information content (AvgIpc) is 2.75. The van der Waals surface area contributed by atoms with E-state index in [1.807, 2.05) is 18.3 Å². The third-order valence-electron chi connectivity index (χ3n) is 7.05. The summed E-state index contributed by atoms with van der Waals surface area (Å²) in [5.74, 6) is -0.179. The van der Waals surface area contributed by atoms with Gasteiger partial charge in [0.15, 0.2) is 0 Å². The van der Waals surface area contributed by atoms with Crippen LogP contribution in [0.3, 0.4) is 0 Å². The Morgan fingerprint density at radius 2 is 2.19 bits per heavy atom. The standard InChI is InChI=1S/C26H32N4O2/c1-17-9-21-23(28-15-17)12-26(7-4-8-26)13-24(21)29-16-25(32)22(30-18(2)31)11-19-5-3-6-20(10-19)14-27/h3,5-6,9-10,15,22,24-25,29,32H,4,7-8,11-13,16H2,1-2H3,(H,30,31)/t22-,24-,25+/m0/s1. The first-order valence-corrected chi connectivity index (χ1v) is 11.5. The lowest BCUT2D eigenvalue weighted by Crippen LogP contribution is -2.49. The predicted octanol–water partition coefficient (Wildman–Crippen LogP) is 3.12. The summed E-state index contributed by atoms with van der Waals surface area (Å²) < 4.78 is 0. The summed E-state index contributed by atoms with van der Waals surface area (Å²) in [7, 11) is 0. The van der Waals surface area contributed by atoms with Crippen LogP contribution in [0, 0.1) is 23.7 Å². The molecule has 2 aliphatic rings. The van der Waals surface area contributed by atoms with Crippen LogP contribution in [-0.2, 0) is 17.6 Å². The molecule has 3 atom stereocenters. The van der Waals surface area contributed by atoms with E-state index in [9.17, 15) is 9.90 Å². The van der Waals surface area contributed by atoms with E-state index in [2.05, 4.69) is 29.7 Å². The number of nitrogens with one attached hydrogen (secondary N) is 2. The molecule has 3 N–H and O–H groups in total. The molecule has 6 nitrogen and oxygen atoms in total. The number of fused-ring (bicyclic) bond motifs is 1. The fourth-order valence-corrected chi connectivity index (χ4v) is 5.25. The highest BCUT2D eigenvalue weighted by Gasteiger charge is 2.44. The third-order valence-corrected chi connectivity index (χ3v) is 7.05. The SMILES string of the molecule is CC(=O)N[C@@H](Cc1cccc(C#N)c1)[C@H](O)CN[C@H]1CC2(CCC2)Cc2ncc(C)cc21. The number of aryl methyl sites for hydroxylation is 1. The molecule has 0 aliphatic heterocycles. The van der Waals surface area contributed by atoms with Gasteiger partial charge in [-0.05, 0) is 73.3 Å².